The molecular weight excluding hydrogens is 214 g/mol. The standard InChI is InChI=1S/C14H21NO2/c1-11-10-17-13-7-4-3-6-12(13)14(11)15-8-5-9-16-2/h3-4,6-7,11,14-15H,5,8-10H2,1-2H3. The Bertz CT molecular complexity index is 354. The minimum absolute atomic E-state index is 0.400. The van der Waals surface area contributed by atoms with Crippen LogP contribution in [-0.2, 0) is 4.74 Å². The zero-order valence-electron chi connectivity index (χ0n) is 10.6. The van der Waals surface area contributed by atoms with Crippen molar-refractivity contribution >= 4 is 0 Å². The predicted octanol–water partition coefficient (Wildman–Crippen LogP) is 2.38. The summed E-state index contributed by atoms with van der Waals surface area (Å²) in [4.78, 5) is 0. The Kier molecular flexibility index (Phi) is 4.40. The maximum Gasteiger partial charge on any atom is 0.124 e. The lowest BCUT2D eigenvalue weighted by molar-refractivity contribution is 0.174. The third-order valence-electron chi connectivity index (χ3n) is 3.21. The highest BCUT2D eigenvalue weighted by atomic mass is 16.5. The van der Waals surface area contributed by atoms with E-state index in [4.69, 9.17) is 9.47 Å². The molecule has 17 heavy (non-hydrogen) atoms. The largest absolute Gasteiger partial charge is 0.493 e. The first-order valence-corrected chi connectivity index (χ1v) is 6.27. The quantitative estimate of drug-likeness (QED) is 0.795. The van der Waals surface area contributed by atoms with Gasteiger partial charge in [-0.1, -0.05) is 25.1 Å². The van der Waals surface area contributed by atoms with Crippen molar-refractivity contribution in [2.75, 3.05) is 26.9 Å². The van der Waals surface area contributed by atoms with Crippen LogP contribution in [-0.4, -0.2) is 26.9 Å². The second-order valence-electron chi connectivity index (χ2n) is 4.60. The van der Waals surface area contributed by atoms with Crippen molar-refractivity contribution in [2.24, 2.45) is 5.92 Å². The molecule has 2 atom stereocenters. The molecule has 2 unspecified atom stereocenters. The van der Waals surface area contributed by atoms with E-state index in [0.29, 0.717) is 12.0 Å². The van der Waals surface area contributed by atoms with Gasteiger partial charge < -0.3 is 14.8 Å². The highest BCUT2D eigenvalue weighted by Gasteiger charge is 2.26. The van der Waals surface area contributed by atoms with Crippen LogP contribution < -0.4 is 10.1 Å². The summed E-state index contributed by atoms with van der Waals surface area (Å²) in [6.45, 7) is 4.81. The number of hydrogen-bond donors (Lipinski definition) is 1. The molecule has 94 valence electrons. The molecule has 3 heteroatoms. The lowest BCUT2D eigenvalue weighted by Crippen LogP contribution is -2.34. The number of benzene rings is 1. The Morgan fingerprint density at radius 1 is 1.41 bits per heavy atom. The van der Waals surface area contributed by atoms with Gasteiger partial charge in [-0.3, -0.25) is 0 Å². The van der Waals surface area contributed by atoms with E-state index >= 15 is 0 Å². The molecule has 1 aromatic carbocycles. The fourth-order valence-electron chi connectivity index (χ4n) is 2.28. The number of fused-ring (bicyclic) bond motifs is 1. The van der Waals surface area contributed by atoms with Crippen LogP contribution in [0.15, 0.2) is 24.3 Å². The average molecular weight is 235 g/mol. The fraction of sp³-hybridized carbons (Fsp3) is 0.571. The maximum atomic E-state index is 5.73. The van der Waals surface area contributed by atoms with E-state index in [2.05, 4.69) is 24.4 Å². The van der Waals surface area contributed by atoms with E-state index in [-0.39, 0.29) is 0 Å². The Morgan fingerprint density at radius 2 is 2.24 bits per heavy atom. The first-order valence-electron chi connectivity index (χ1n) is 6.27. The number of para-hydroxylation sites is 1. The lowest BCUT2D eigenvalue weighted by Gasteiger charge is -2.32. The summed E-state index contributed by atoms with van der Waals surface area (Å²) in [5, 5.41) is 3.60. The van der Waals surface area contributed by atoms with Gasteiger partial charge >= 0.3 is 0 Å². The van der Waals surface area contributed by atoms with E-state index < -0.39 is 0 Å². The van der Waals surface area contributed by atoms with Gasteiger partial charge in [-0.2, -0.15) is 0 Å². The topological polar surface area (TPSA) is 30.5 Å². The molecule has 0 aliphatic carbocycles. The summed E-state index contributed by atoms with van der Waals surface area (Å²) in [5.74, 6) is 1.53. The smallest absolute Gasteiger partial charge is 0.124 e. The molecule has 2 rings (SSSR count). The minimum atomic E-state index is 0.400. The van der Waals surface area contributed by atoms with Crippen LogP contribution in [0.1, 0.15) is 24.9 Å². The number of nitrogens with one attached hydrogen (secondary N) is 1. The van der Waals surface area contributed by atoms with Gasteiger partial charge in [-0.05, 0) is 19.0 Å². The molecular formula is C14H21NO2. The van der Waals surface area contributed by atoms with E-state index in [0.717, 1.165) is 31.9 Å². The summed E-state index contributed by atoms with van der Waals surface area (Å²) >= 11 is 0. The van der Waals surface area contributed by atoms with Crippen molar-refractivity contribution in [3.05, 3.63) is 29.8 Å². The van der Waals surface area contributed by atoms with Crippen LogP contribution in [0.25, 0.3) is 0 Å². The van der Waals surface area contributed by atoms with Crippen molar-refractivity contribution in [1.29, 1.82) is 0 Å². The Labute approximate surface area is 103 Å². The third-order valence-corrected chi connectivity index (χ3v) is 3.21. The van der Waals surface area contributed by atoms with Gasteiger partial charge in [-0.25, -0.2) is 0 Å². The molecule has 1 heterocycles. The molecule has 0 spiro atoms. The van der Waals surface area contributed by atoms with Gasteiger partial charge in [0.1, 0.15) is 5.75 Å². The molecule has 0 amide bonds. The summed E-state index contributed by atoms with van der Waals surface area (Å²) in [7, 11) is 1.74. The van der Waals surface area contributed by atoms with Crippen LogP contribution in [0.5, 0.6) is 5.75 Å². The summed E-state index contributed by atoms with van der Waals surface area (Å²) in [6.07, 6.45) is 1.04. The van der Waals surface area contributed by atoms with Crippen molar-refractivity contribution in [3.63, 3.8) is 0 Å². The Balaban J connectivity index is 2.00. The number of ether oxygens (including phenoxy) is 2. The van der Waals surface area contributed by atoms with E-state index in [9.17, 15) is 0 Å². The van der Waals surface area contributed by atoms with Gasteiger partial charge in [-0.15, -0.1) is 0 Å². The number of hydrogen-bond acceptors (Lipinski definition) is 3. The van der Waals surface area contributed by atoms with E-state index in [1.807, 2.05) is 12.1 Å². The minimum Gasteiger partial charge on any atom is -0.493 e. The Hall–Kier alpha value is -1.06. The SMILES string of the molecule is COCCCNC1c2ccccc2OCC1C. The lowest BCUT2D eigenvalue weighted by atomic mass is 9.92. The normalized spacial score (nSPS) is 22.9. The molecule has 0 saturated carbocycles. The second kappa shape index (κ2) is 6.03. The zero-order chi connectivity index (χ0) is 12.1. The van der Waals surface area contributed by atoms with Crippen LogP contribution in [0, 0.1) is 5.92 Å². The number of rotatable bonds is 5. The van der Waals surface area contributed by atoms with Crippen molar-refractivity contribution < 1.29 is 9.47 Å². The highest BCUT2D eigenvalue weighted by Crippen LogP contribution is 2.34. The maximum absolute atomic E-state index is 5.73. The summed E-state index contributed by atoms with van der Waals surface area (Å²) in [6, 6.07) is 8.70. The molecule has 1 aliphatic rings. The molecule has 0 fully saturated rings. The first kappa shape index (κ1) is 12.4. The van der Waals surface area contributed by atoms with Gasteiger partial charge in [0.25, 0.3) is 0 Å². The van der Waals surface area contributed by atoms with Gasteiger partial charge in [0.05, 0.1) is 6.61 Å². The van der Waals surface area contributed by atoms with Crippen molar-refractivity contribution in [1.82, 2.24) is 5.32 Å². The monoisotopic (exact) mass is 235 g/mol. The van der Waals surface area contributed by atoms with Crippen molar-refractivity contribution in [2.45, 2.75) is 19.4 Å². The van der Waals surface area contributed by atoms with Crippen LogP contribution in [0.2, 0.25) is 0 Å². The van der Waals surface area contributed by atoms with Gasteiger partial charge in [0.15, 0.2) is 0 Å². The van der Waals surface area contributed by atoms with Gasteiger partial charge in [0.2, 0.25) is 0 Å². The molecule has 0 aromatic heterocycles. The molecule has 3 nitrogen and oxygen atoms in total. The third kappa shape index (κ3) is 2.99. The average Bonchev–Trinajstić information content (AvgIpc) is 2.37. The van der Waals surface area contributed by atoms with Crippen molar-refractivity contribution in [3.8, 4) is 5.75 Å². The predicted molar refractivity (Wildman–Crippen MR) is 68.3 cm³/mol. The number of methoxy groups -OCH3 is 1. The van der Waals surface area contributed by atoms with E-state index in [1.165, 1.54) is 5.56 Å². The molecule has 0 bridgehead atoms. The Morgan fingerprint density at radius 3 is 3.06 bits per heavy atom. The van der Waals surface area contributed by atoms with E-state index in [1.54, 1.807) is 7.11 Å². The molecule has 1 aliphatic heterocycles. The summed E-state index contributed by atoms with van der Waals surface area (Å²) in [5.41, 5.74) is 1.28. The van der Waals surface area contributed by atoms with Crippen LogP contribution in [0.4, 0.5) is 0 Å². The second-order valence-corrected chi connectivity index (χ2v) is 4.60. The molecule has 1 aromatic rings. The first-order chi connectivity index (χ1) is 8.33. The zero-order valence-corrected chi connectivity index (χ0v) is 10.6. The fourth-order valence-corrected chi connectivity index (χ4v) is 2.28. The van der Waals surface area contributed by atoms with Crippen LogP contribution in [0.3, 0.4) is 0 Å². The molecule has 0 saturated heterocycles. The highest BCUT2D eigenvalue weighted by molar-refractivity contribution is 5.37. The molecule has 0 radical (unpaired) electrons. The summed E-state index contributed by atoms with van der Waals surface area (Å²) < 4.78 is 10.8. The van der Waals surface area contributed by atoms with Crippen LogP contribution >= 0.6 is 0 Å². The molecule has 1 N–H and O–H groups in total. The van der Waals surface area contributed by atoms with Gasteiger partial charge in [0, 0.05) is 31.2 Å².